The molecule has 1 aliphatic heterocycles. The van der Waals surface area contributed by atoms with Gasteiger partial charge in [0.25, 0.3) is 0 Å². The molecule has 0 aromatic carbocycles. The van der Waals surface area contributed by atoms with Crippen LogP contribution < -0.4 is 0 Å². The van der Waals surface area contributed by atoms with Crippen LogP contribution in [0.4, 0.5) is 0 Å². The van der Waals surface area contributed by atoms with Crippen molar-refractivity contribution in [1.29, 1.82) is 5.26 Å². The molecule has 0 N–H and O–H groups in total. The van der Waals surface area contributed by atoms with Crippen molar-refractivity contribution in [2.45, 2.75) is 19.1 Å². The fourth-order valence-electron chi connectivity index (χ4n) is 1.85. The molecule has 4 heteroatoms. The van der Waals surface area contributed by atoms with E-state index in [0.717, 1.165) is 13.1 Å². The van der Waals surface area contributed by atoms with Gasteiger partial charge in [-0.05, 0) is 19.1 Å². The molecule has 1 aromatic rings. The highest BCUT2D eigenvalue weighted by Gasteiger charge is 2.26. The third-order valence-corrected chi connectivity index (χ3v) is 2.57. The maximum absolute atomic E-state index is 9.14. The number of ether oxygens (including phenoxy) is 1. The molecule has 2 rings (SSSR count). The average Bonchev–Trinajstić information content (AvgIpc) is 2.72. The van der Waals surface area contributed by atoms with E-state index in [1.807, 2.05) is 19.1 Å². The summed E-state index contributed by atoms with van der Waals surface area (Å²) in [5.41, 5.74) is 0. The summed E-state index contributed by atoms with van der Waals surface area (Å²) in [6, 6.07) is 5.64. The Labute approximate surface area is 89.0 Å². The normalized spacial score (nSPS) is 24.7. The minimum Gasteiger partial charge on any atom is -0.467 e. The van der Waals surface area contributed by atoms with Gasteiger partial charge in [0.15, 0.2) is 6.04 Å². The van der Waals surface area contributed by atoms with E-state index in [9.17, 15) is 0 Å². The van der Waals surface area contributed by atoms with Crippen molar-refractivity contribution in [1.82, 2.24) is 4.90 Å². The molecule has 1 aliphatic rings. The first kappa shape index (κ1) is 10.2. The Hall–Kier alpha value is -1.31. The number of furan rings is 1. The van der Waals surface area contributed by atoms with E-state index in [0.29, 0.717) is 12.4 Å². The third kappa shape index (κ3) is 2.20. The second-order valence-electron chi connectivity index (χ2n) is 3.72. The Morgan fingerprint density at radius 3 is 3.13 bits per heavy atom. The maximum Gasteiger partial charge on any atom is 0.157 e. The molecule has 0 unspecified atom stereocenters. The summed E-state index contributed by atoms with van der Waals surface area (Å²) in [5.74, 6) is 0.714. The molecule has 2 heterocycles. The van der Waals surface area contributed by atoms with Crippen LogP contribution in [0, 0.1) is 11.3 Å². The second-order valence-corrected chi connectivity index (χ2v) is 3.72. The number of nitriles is 1. The first-order chi connectivity index (χ1) is 7.31. The summed E-state index contributed by atoms with van der Waals surface area (Å²) in [4.78, 5) is 2.09. The first-order valence-corrected chi connectivity index (χ1v) is 5.10. The van der Waals surface area contributed by atoms with Gasteiger partial charge in [-0.1, -0.05) is 0 Å². The van der Waals surface area contributed by atoms with Crippen LogP contribution in [0.5, 0.6) is 0 Å². The van der Waals surface area contributed by atoms with Gasteiger partial charge in [-0.15, -0.1) is 0 Å². The smallest absolute Gasteiger partial charge is 0.157 e. The van der Waals surface area contributed by atoms with Crippen molar-refractivity contribution in [3.05, 3.63) is 24.2 Å². The molecule has 2 atom stereocenters. The quantitative estimate of drug-likeness (QED) is 0.737. The van der Waals surface area contributed by atoms with Crippen LogP contribution in [0.25, 0.3) is 0 Å². The molecule has 4 nitrogen and oxygen atoms in total. The SMILES string of the molecule is C[C@H]1CN([C@H](C#N)c2ccco2)CCO1. The van der Waals surface area contributed by atoms with Crippen LogP contribution in [0.3, 0.4) is 0 Å². The molecule has 1 fully saturated rings. The lowest BCUT2D eigenvalue weighted by atomic mass is 10.2. The van der Waals surface area contributed by atoms with E-state index in [2.05, 4.69) is 11.0 Å². The highest BCUT2D eigenvalue weighted by atomic mass is 16.5. The van der Waals surface area contributed by atoms with E-state index in [-0.39, 0.29) is 12.1 Å². The van der Waals surface area contributed by atoms with E-state index >= 15 is 0 Å². The van der Waals surface area contributed by atoms with Crippen molar-refractivity contribution in [2.75, 3.05) is 19.7 Å². The summed E-state index contributed by atoms with van der Waals surface area (Å²) in [6.07, 6.45) is 1.79. The van der Waals surface area contributed by atoms with E-state index < -0.39 is 0 Å². The van der Waals surface area contributed by atoms with E-state index in [4.69, 9.17) is 14.4 Å². The lowest BCUT2D eigenvalue weighted by molar-refractivity contribution is -0.0292. The topological polar surface area (TPSA) is 49.4 Å². The molecular formula is C11H14N2O2. The van der Waals surface area contributed by atoms with Gasteiger partial charge < -0.3 is 9.15 Å². The largest absolute Gasteiger partial charge is 0.467 e. The fraction of sp³-hybridized carbons (Fsp3) is 0.545. The van der Waals surface area contributed by atoms with Crippen LogP contribution in [0.1, 0.15) is 18.7 Å². The first-order valence-electron chi connectivity index (χ1n) is 5.10. The Morgan fingerprint density at radius 1 is 1.67 bits per heavy atom. The van der Waals surface area contributed by atoms with Gasteiger partial charge in [-0.2, -0.15) is 5.26 Å². The van der Waals surface area contributed by atoms with Crippen LogP contribution in [-0.4, -0.2) is 30.7 Å². The molecular weight excluding hydrogens is 192 g/mol. The van der Waals surface area contributed by atoms with Crippen molar-refractivity contribution >= 4 is 0 Å². The monoisotopic (exact) mass is 206 g/mol. The minimum absolute atomic E-state index is 0.185. The molecule has 0 bridgehead atoms. The summed E-state index contributed by atoms with van der Waals surface area (Å²) < 4.78 is 10.7. The standard InChI is InChI=1S/C11H14N2O2/c1-9-8-13(4-6-14-9)10(7-12)11-3-2-5-15-11/h2-3,5,9-10H,4,6,8H2,1H3/t9-,10+/m0/s1. The zero-order chi connectivity index (χ0) is 10.7. The molecule has 0 saturated carbocycles. The van der Waals surface area contributed by atoms with Crippen LogP contribution >= 0.6 is 0 Å². The van der Waals surface area contributed by atoms with Crippen molar-refractivity contribution < 1.29 is 9.15 Å². The van der Waals surface area contributed by atoms with E-state index in [1.165, 1.54) is 0 Å². The van der Waals surface area contributed by atoms with Gasteiger partial charge in [0.1, 0.15) is 5.76 Å². The van der Waals surface area contributed by atoms with Crippen molar-refractivity contribution in [2.24, 2.45) is 0 Å². The zero-order valence-electron chi connectivity index (χ0n) is 8.72. The fourth-order valence-corrected chi connectivity index (χ4v) is 1.85. The third-order valence-electron chi connectivity index (χ3n) is 2.57. The lowest BCUT2D eigenvalue weighted by Crippen LogP contribution is -2.42. The Balaban J connectivity index is 2.10. The predicted octanol–water partition coefficient (Wildman–Crippen LogP) is 1.56. The van der Waals surface area contributed by atoms with Gasteiger partial charge in [0.2, 0.25) is 0 Å². The second kappa shape index (κ2) is 4.47. The molecule has 0 radical (unpaired) electrons. The summed E-state index contributed by atoms with van der Waals surface area (Å²) in [6.45, 7) is 4.25. The number of hydrogen-bond acceptors (Lipinski definition) is 4. The molecule has 0 spiro atoms. The average molecular weight is 206 g/mol. The molecule has 0 aliphatic carbocycles. The van der Waals surface area contributed by atoms with Gasteiger partial charge in [0, 0.05) is 13.1 Å². The Morgan fingerprint density at radius 2 is 2.53 bits per heavy atom. The Bertz CT molecular complexity index is 342. The molecule has 0 amide bonds. The molecule has 80 valence electrons. The van der Waals surface area contributed by atoms with Gasteiger partial charge in [0.05, 0.1) is 25.0 Å². The van der Waals surface area contributed by atoms with Gasteiger partial charge in [-0.3, -0.25) is 4.90 Å². The number of hydrogen-bond donors (Lipinski definition) is 0. The Kier molecular flexibility index (Phi) is 3.05. The number of nitrogens with zero attached hydrogens (tertiary/aromatic N) is 2. The van der Waals surface area contributed by atoms with Crippen LogP contribution in [-0.2, 0) is 4.74 Å². The summed E-state index contributed by atoms with van der Waals surface area (Å²) >= 11 is 0. The maximum atomic E-state index is 9.14. The number of rotatable bonds is 2. The zero-order valence-corrected chi connectivity index (χ0v) is 8.72. The molecule has 15 heavy (non-hydrogen) atoms. The summed E-state index contributed by atoms with van der Waals surface area (Å²) in [7, 11) is 0. The van der Waals surface area contributed by atoms with Crippen molar-refractivity contribution in [3.63, 3.8) is 0 Å². The van der Waals surface area contributed by atoms with E-state index in [1.54, 1.807) is 6.26 Å². The summed E-state index contributed by atoms with van der Waals surface area (Å²) in [5, 5.41) is 9.14. The number of morpholine rings is 1. The van der Waals surface area contributed by atoms with Crippen molar-refractivity contribution in [3.8, 4) is 6.07 Å². The van der Waals surface area contributed by atoms with Crippen LogP contribution in [0.2, 0.25) is 0 Å². The highest BCUT2D eigenvalue weighted by Crippen LogP contribution is 2.22. The molecule has 1 aromatic heterocycles. The van der Waals surface area contributed by atoms with Gasteiger partial charge >= 0.3 is 0 Å². The van der Waals surface area contributed by atoms with Crippen LogP contribution in [0.15, 0.2) is 22.8 Å². The lowest BCUT2D eigenvalue weighted by Gasteiger charge is -2.33. The highest BCUT2D eigenvalue weighted by molar-refractivity contribution is 5.13. The predicted molar refractivity (Wildman–Crippen MR) is 54.0 cm³/mol. The molecule has 1 saturated heterocycles. The van der Waals surface area contributed by atoms with Gasteiger partial charge in [-0.25, -0.2) is 0 Å². The minimum atomic E-state index is -0.286.